The van der Waals surface area contributed by atoms with Crippen LogP contribution < -0.4 is 14.2 Å². The second-order valence-corrected chi connectivity index (χ2v) is 7.42. The number of ether oxygens (including phenoxy) is 3. The summed E-state index contributed by atoms with van der Waals surface area (Å²) in [5.74, 6) is 1.52. The summed E-state index contributed by atoms with van der Waals surface area (Å²) in [4.78, 5) is 0. The Kier molecular flexibility index (Phi) is 5.54. The lowest BCUT2D eigenvalue weighted by Crippen LogP contribution is -2.59. The molecule has 0 spiro atoms. The molecule has 1 aliphatic rings. The number of alkyl halides is 3. The molecule has 0 bridgehead atoms. The van der Waals surface area contributed by atoms with Crippen LogP contribution in [0, 0.1) is 0 Å². The fraction of sp³-hybridized carbons (Fsp3) is 0.364. The molecular weight excluding hydrogens is 385 g/mol. The summed E-state index contributed by atoms with van der Waals surface area (Å²) >= 11 is 0. The summed E-state index contributed by atoms with van der Waals surface area (Å²) in [5, 5.41) is 10.9. The van der Waals surface area contributed by atoms with Gasteiger partial charge in [0.05, 0.1) is 6.61 Å². The molecule has 7 heteroatoms. The third kappa shape index (κ3) is 3.79. The van der Waals surface area contributed by atoms with Gasteiger partial charge in [-0.25, -0.2) is 0 Å². The minimum absolute atomic E-state index is 0.0816. The van der Waals surface area contributed by atoms with Gasteiger partial charge in [0.2, 0.25) is 6.79 Å². The molecule has 2 aromatic rings. The number of aliphatic hydroxyl groups is 1. The van der Waals surface area contributed by atoms with Gasteiger partial charge in [-0.3, -0.25) is 0 Å². The summed E-state index contributed by atoms with van der Waals surface area (Å²) in [6, 6.07) is 13.0. The van der Waals surface area contributed by atoms with Crippen molar-refractivity contribution >= 4 is 0 Å². The van der Waals surface area contributed by atoms with Crippen LogP contribution in [0.15, 0.2) is 60.7 Å². The van der Waals surface area contributed by atoms with E-state index in [1.165, 1.54) is 13.8 Å². The number of fused-ring (bicyclic) bond motifs is 1. The highest BCUT2D eigenvalue weighted by Crippen LogP contribution is 2.50. The molecule has 0 radical (unpaired) electrons. The fourth-order valence-corrected chi connectivity index (χ4v) is 3.50. The Morgan fingerprint density at radius 2 is 1.72 bits per heavy atom. The summed E-state index contributed by atoms with van der Waals surface area (Å²) in [6.45, 7) is 6.33. The van der Waals surface area contributed by atoms with E-state index < -0.39 is 17.2 Å². The van der Waals surface area contributed by atoms with Crippen molar-refractivity contribution in [2.75, 3.05) is 13.4 Å². The summed E-state index contributed by atoms with van der Waals surface area (Å²) < 4.78 is 58.2. The van der Waals surface area contributed by atoms with E-state index >= 15 is 0 Å². The predicted octanol–water partition coefficient (Wildman–Crippen LogP) is 5.01. The molecule has 0 saturated heterocycles. The van der Waals surface area contributed by atoms with E-state index in [0.717, 1.165) is 0 Å². The van der Waals surface area contributed by atoms with E-state index in [2.05, 4.69) is 6.58 Å². The summed E-state index contributed by atoms with van der Waals surface area (Å²) in [5.41, 5.74) is -4.78. The zero-order valence-electron chi connectivity index (χ0n) is 16.3. The molecule has 0 saturated carbocycles. The van der Waals surface area contributed by atoms with Crippen LogP contribution in [-0.2, 0) is 5.41 Å². The zero-order chi connectivity index (χ0) is 21.3. The third-order valence-electron chi connectivity index (χ3n) is 5.34. The average Bonchev–Trinajstić information content (AvgIpc) is 3.14. The Morgan fingerprint density at radius 1 is 1.07 bits per heavy atom. The van der Waals surface area contributed by atoms with Crippen molar-refractivity contribution in [3.63, 3.8) is 0 Å². The van der Waals surface area contributed by atoms with Crippen LogP contribution in [0.3, 0.4) is 0 Å². The van der Waals surface area contributed by atoms with Gasteiger partial charge in [0.15, 0.2) is 17.1 Å². The monoisotopic (exact) mass is 408 g/mol. The van der Waals surface area contributed by atoms with Crippen LogP contribution in [0.25, 0.3) is 0 Å². The molecule has 0 amide bonds. The minimum atomic E-state index is -4.91. The fourth-order valence-electron chi connectivity index (χ4n) is 3.50. The molecule has 1 N–H and O–H groups in total. The van der Waals surface area contributed by atoms with Crippen molar-refractivity contribution in [2.45, 2.75) is 37.5 Å². The van der Waals surface area contributed by atoms with Crippen molar-refractivity contribution in [1.29, 1.82) is 0 Å². The van der Waals surface area contributed by atoms with Crippen molar-refractivity contribution < 1.29 is 32.5 Å². The molecule has 0 fully saturated rings. The quantitative estimate of drug-likeness (QED) is 0.654. The molecule has 156 valence electrons. The number of hydrogen-bond acceptors (Lipinski definition) is 4. The molecule has 29 heavy (non-hydrogen) atoms. The van der Waals surface area contributed by atoms with Crippen LogP contribution in [0.4, 0.5) is 13.2 Å². The van der Waals surface area contributed by atoms with E-state index in [4.69, 9.17) is 14.2 Å². The highest BCUT2D eigenvalue weighted by Gasteiger charge is 2.64. The lowest BCUT2D eigenvalue weighted by atomic mass is 9.65. The van der Waals surface area contributed by atoms with Gasteiger partial charge in [-0.15, -0.1) is 0 Å². The standard InChI is InChI=1S/C22H23F3O4/c1-15(11-12-27-17-9-10-18-19(13-17)29-14-28-18)21(26,22(23,24)25)20(2,3)16-7-5-4-6-8-16/h4-10,13,26H,1,11-12,14H2,2-3H3. The first kappa shape index (κ1) is 21.0. The van der Waals surface area contributed by atoms with Crippen LogP contribution in [0.5, 0.6) is 17.2 Å². The maximum Gasteiger partial charge on any atom is 0.421 e. The van der Waals surface area contributed by atoms with E-state index in [-0.39, 0.29) is 25.4 Å². The zero-order valence-corrected chi connectivity index (χ0v) is 16.3. The molecule has 1 heterocycles. The largest absolute Gasteiger partial charge is 0.493 e. The second-order valence-electron chi connectivity index (χ2n) is 7.42. The van der Waals surface area contributed by atoms with Crippen LogP contribution in [0.1, 0.15) is 25.8 Å². The molecule has 0 aromatic heterocycles. The maximum atomic E-state index is 14.1. The van der Waals surface area contributed by atoms with Crippen LogP contribution in [-0.4, -0.2) is 30.3 Å². The first-order valence-electron chi connectivity index (χ1n) is 9.12. The summed E-state index contributed by atoms with van der Waals surface area (Å²) in [6.07, 6.45) is -5.09. The van der Waals surface area contributed by atoms with Crippen molar-refractivity contribution in [3.8, 4) is 17.2 Å². The molecule has 4 nitrogen and oxygen atoms in total. The molecule has 0 aliphatic carbocycles. The topological polar surface area (TPSA) is 47.9 Å². The lowest BCUT2D eigenvalue weighted by molar-refractivity contribution is -0.266. The predicted molar refractivity (Wildman–Crippen MR) is 102 cm³/mol. The van der Waals surface area contributed by atoms with E-state index in [1.54, 1.807) is 48.5 Å². The Balaban J connectivity index is 1.76. The molecular formula is C22H23F3O4. The van der Waals surface area contributed by atoms with Crippen molar-refractivity contribution in [3.05, 3.63) is 66.2 Å². The number of halogens is 3. The molecule has 1 aliphatic heterocycles. The van der Waals surface area contributed by atoms with Crippen LogP contribution in [0.2, 0.25) is 0 Å². The van der Waals surface area contributed by atoms with Crippen molar-refractivity contribution in [2.24, 2.45) is 0 Å². The number of rotatable bonds is 7. The number of hydrogen-bond donors (Lipinski definition) is 1. The van der Waals surface area contributed by atoms with E-state index in [9.17, 15) is 18.3 Å². The highest BCUT2D eigenvalue weighted by molar-refractivity contribution is 5.47. The smallest absolute Gasteiger partial charge is 0.421 e. The van der Waals surface area contributed by atoms with Gasteiger partial charge < -0.3 is 19.3 Å². The van der Waals surface area contributed by atoms with E-state index in [1.807, 2.05) is 0 Å². The normalized spacial score (nSPS) is 15.7. The SMILES string of the molecule is C=C(CCOc1ccc2c(c1)OCO2)C(O)(C(F)(F)F)C(C)(C)c1ccccc1. The van der Waals surface area contributed by atoms with Gasteiger partial charge in [-0.05, 0) is 23.3 Å². The Bertz CT molecular complexity index is 877. The second kappa shape index (κ2) is 7.63. The van der Waals surface area contributed by atoms with Gasteiger partial charge in [0, 0.05) is 17.9 Å². The van der Waals surface area contributed by atoms with Gasteiger partial charge in [0.25, 0.3) is 0 Å². The molecule has 1 unspecified atom stereocenters. The Labute approximate surface area is 167 Å². The lowest BCUT2D eigenvalue weighted by Gasteiger charge is -2.45. The third-order valence-corrected chi connectivity index (χ3v) is 5.34. The maximum absolute atomic E-state index is 14.1. The average molecular weight is 408 g/mol. The highest BCUT2D eigenvalue weighted by atomic mass is 19.4. The Morgan fingerprint density at radius 3 is 2.38 bits per heavy atom. The van der Waals surface area contributed by atoms with Gasteiger partial charge in [-0.1, -0.05) is 50.8 Å². The first-order chi connectivity index (χ1) is 13.6. The molecule has 3 rings (SSSR count). The first-order valence-corrected chi connectivity index (χ1v) is 9.12. The van der Waals surface area contributed by atoms with Gasteiger partial charge >= 0.3 is 6.18 Å². The van der Waals surface area contributed by atoms with E-state index in [0.29, 0.717) is 22.8 Å². The van der Waals surface area contributed by atoms with Gasteiger partial charge in [-0.2, -0.15) is 13.2 Å². The summed E-state index contributed by atoms with van der Waals surface area (Å²) in [7, 11) is 0. The minimum Gasteiger partial charge on any atom is -0.493 e. The van der Waals surface area contributed by atoms with Gasteiger partial charge in [0.1, 0.15) is 5.75 Å². The Hall–Kier alpha value is -2.67. The molecule has 1 atom stereocenters. The van der Waals surface area contributed by atoms with Crippen LogP contribution >= 0.6 is 0 Å². The molecule has 2 aromatic carbocycles. The van der Waals surface area contributed by atoms with Crippen molar-refractivity contribution in [1.82, 2.24) is 0 Å². The number of benzene rings is 2.